The molecule has 16 heavy (non-hydrogen) atoms. The summed E-state index contributed by atoms with van der Waals surface area (Å²) in [6.07, 6.45) is 2.85. The minimum atomic E-state index is -0.527. The van der Waals surface area contributed by atoms with Gasteiger partial charge in [-0.2, -0.15) is 0 Å². The van der Waals surface area contributed by atoms with Gasteiger partial charge in [0.2, 0.25) is 0 Å². The number of rotatable bonds is 3. The predicted octanol–water partition coefficient (Wildman–Crippen LogP) is -0.0987. The van der Waals surface area contributed by atoms with Gasteiger partial charge in [-0.3, -0.25) is 14.8 Å². The van der Waals surface area contributed by atoms with Crippen molar-refractivity contribution in [1.29, 1.82) is 0 Å². The van der Waals surface area contributed by atoms with Crippen LogP contribution in [-0.4, -0.2) is 71.3 Å². The first-order valence-corrected chi connectivity index (χ1v) is 4.92. The zero-order chi connectivity index (χ0) is 10.8. The molecule has 0 aliphatic rings. The van der Waals surface area contributed by atoms with Crippen molar-refractivity contribution in [3.63, 3.8) is 0 Å². The summed E-state index contributed by atoms with van der Waals surface area (Å²) in [7, 11) is 0. The average molecular weight is 247 g/mol. The predicted molar refractivity (Wildman–Crippen MR) is 61.7 cm³/mol. The van der Waals surface area contributed by atoms with E-state index in [0.29, 0.717) is 11.2 Å². The number of fused-ring (bicyclic) bond motifs is 1. The molecule has 0 aliphatic carbocycles. The van der Waals surface area contributed by atoms with Crippen LogP contribution in [0.15, 0.2) is 9.59 Å². The zero-order valence-electron chi connectivity index (χ0n) is 9.39. The van der Waals surface area contributed by atoms with E-state index in [4.69, 9.17) is 0 Å². The minimum Gasteiger partial charge on any atom is -0.336 e. The van der Waals surface area contributed by atoms with Gasteiger partial charge >= 0.3 is 5.69 Å². The monoisotopic (exact) mass is 247 g/mol. The Hall–Kier alpha value is -0.214. The first-order valence-electron chi connectivity index (χ1n) is 4.92. The van der Waals surface area contributed by atoms with Gasteiger partial charge in [0.25, 0.3) is 5.56 Å². The van der Waals surface area contributed by atoms with E-state index in [1.165, 1.54) is 0 Å². The number of imidazole rings is 1. The van der Waals surface area contributed by atoms with Crippen LogP contribution in [0.3, 0.4) is 0 Å². The van der Waals surface area contributed by atoms with Crippen molar-refractivity contribution >= 4 is 62.5 Å². The molecule has 0 amide bonds. The molecule has 1 radical (unpaired) electrons. The van der Waals surface area contributed by atoms with Crippen LogP contribution in [-0.2, 0) is 6.42 Å². The smallest absolute Gasteiger partial charge is 0.327 e. The maximum Gasteiger partial charge on any atom is 0.327 e. The van der Waals surface area contributed by atoms with Gasteiger partial charge in [-0.1, -0.05) is 13.3 Å². The molecule has 0 aliphatic heterocycles. The fourth-order valence-electron chi connectivity index (χ4n) is 1.44. The molecular formula is C9H12KN4O2. The third-order valence-electron chi connectivity index (χ3n) is 2.21. The number of H-pyrrole nitrogens is 3. The van der Waals surface area contributed by atoms with Crippen LogP contribution in [0.5, 0.6) is 0 Å². The Morgan fingerprint density at radius 3 is 2.62 bits per heavy atom. The molecule has 2 aromatic heterocycles. The van der Waals surface area contributed by atoms with Gasteiger partial charge in [-0.05, 0) is 6.42 Å². The minimum absolute atomic E-state index is 0. The molecule has 7 heteroatoms. The molecule has 81 valence electrons. The van der Waals surface area contributed by atoms with Gasteiger partial charge in [0.1, 0.15) is 11.3 Å². The molecule has 6 nitrogen and oxygen atoms in total. The maximum absolute atomic E-state index is 11.3. The van der Waals surface area contributed by atoms with E-state index in [1.807, 2.05) is 0 Å². The summed E-state index contributed by atoms with van der Waals surface area (Å²) in [4.78, 5) is 34.0. The quantitative estimate of drug-likeness (QED) is 0.661. The Bertz CT molecular complexity index is 583. The topological polar surface area (TPSA) is 94.4 Å². The van der Waals surface area contributed by atoms with E-state index in [0.717, 1.165) is 25.1 Å². The number of unbranched alkanes of at least 4 members (excludes halogenated alkanes) is 1. The SMILES string of the molecule is CCCCc1nc2[nH]c(=O)[nH]c(=O)c2[nH]1.[K]. The van der Waals surface area contributed by atoms with Crippen molar-refractivity contribution in [2.24, 2.45) is 0 Å². The Morgan fingerprint density at radius 2 is 1.94 bits per heavy atom. The first kappa shape index (κ1) is 13.8. The van der Waals surface area contributed by atoms with E-state index in [-0.39, 0.29) is 51.4 Å². The number of aryl methyl sites for hydroxylation is 1. The fourth-order valence-corrected chi connectivity index (χ4v) is 1.44. The Labute approximate surface area is 134 Å². The summed E-state index contributed by atoms with van der Waals surface area (Å²) in [6.45, 7) is 2.08. The van der Waals surface area contributed by atoms with Gasteiger partial charge in [-0.15, -0.1) is 0 Å². The maximum atomic E-state index is 11.3. The molecule has 0 fully saturated rings. The van der Waals surface area contributed by atoms with Crippen LogP contribution < -0.4 is 11.2 Å². The second-order valence-electron chi connectivity index (χ2n) is 3.42. The molecule has 0 atom stereocenters. The summed E-state index contributed by atoms with van der Waals surface area (Å²) in [5, 5.41) is 0. The molecule has 0 saturated heterocycles. The van der Waals surface area contributed by atoms with E-state index in [9.17, 15) is 9.59 Å². The number of aromatic nitrogens is 4. The number of nitrogens with one attached hydrogen (secondary N) is 3. The third-order valence-corrected chi connectivity index (χ3v) is 2.21. The molecule has 2 aromatic rings. The summed E-state index contributed by atoms with van der Waals surface area (Å²) in [5.74, 6) is 0.735. The van der Waals surface area contributed by atoms with Crippen molar-refractivity contribution < 1.29 is 0 Å². The van der Waals surface area contributed by atoms with Crippen molar-refractivity contribution in [1.82, 2.24) is 19.9 Å². The van der Waals surface area contributed by atoms with E-state index >= 15 is 0 Å². The number of hydrogen-bond donors (Lipinski definition) is 3. The second kappa shape index (κ2) is 5.92. The summed E-state index contributed by atoms with van der Waals surface area (Å²) in [6, 6.07) is 0. The van der Waals surface area contributed by atoms with Crippen LogP contribution in [0.4, 0.5) is 0 Å². The van der Waals surface area contributed by atoms with Gasteiger partial charge in [0.15, 0.2) is 5.65 Å². The van der Waals surface area contributed by atoms with Crippen LogP contribution in [0.25, 0.3) is 11.2 Å². The number of hydrogen-bond acceptors (Lipinski definition) is 3. The second-order valence-corrected chi connectivity index (χ2v) is 3.42. The van der Waals surface area contributed by atoms with Crippen LogP contribution in [0.1, 0.15) is 25.6 Å². The Balaban J connectivity index is 0.00000128. The van der Waals surface area contributed by atoms with Gasteiger partial charge in [-0.25, -0.2) is 9.78 Å². The standard InChI is InChI=1S/C9H12N4O2.K/c1-2-3-4-5-10-6-7(11-5)12-9(15)13-8(6)14;/h2-4H2,1H3,(H3,10,11,12,13,14,15);. The molecule has 3 N–H and O–H groups in total. The normalized spacial score (nSPS) is 10.3. The van der Waals surface area contributed by atoms with Crippen molar-refractivity contribution in [2.75, 3.05) is 0 Å². The molecule has 0 aromatic carbocycles. The van der Waals surface area contributed by atoms with Gasteiger partial charge in [0.05, 0.1) is 0 Å². The van der Waals surface area contributed by atoms with Gasteiger partial charge < -0.3 is 4.98 Å². The van der Waals surface area contributed by atoms with Crippen molar-refractivity contribution in [3.05, 3.63) is 26.7 Å². The number of aromatic amines is 3. The largest absolute Gasteiger partial charge is 0.336 e. The van der Waals surface area contributed by atoms with E-state index < -0.39 is 11.2 Å². The van der Waals surface area contributed by atoms with Crippen molar-refractivity contribution in [3.8, 4) is 0 Å². The summed E-state index contributed by atoms with van der Waals surface area (Å²) < 4.78 is 0. The Kier molecular flexibility index (Phi) is 5.13. The Morgan fingerprint density at radius 1 is 1.19 bits per heavy atom. The molecule has 2 heterocycles. The van der Waals surface area contributed by atoms with E-state index in [1.54, 1.807) is 0 Å². The van der Waals surface area contributed by atoms with Crippen LogP contribution in [0, 0.1) is 0 Å². The van der Waals surface area contributed by atoms with Gasteiger partial charge in [0, 0.05) is 57.8 Å². The zero-order valence-corrected chi connectivity index (χ0v) is 12.5. The molecule has 0 saturated carbocycles. The van der Waals surface area contributed by atoms with Crippen LogP contribution in [0.2, 0.25) is 0 Å². The average Bonchev–Trinajstić information content (AvgIpc) is 2.57. The summed E-state index contributed by atoms with van der Waals surface area (Å²) in [5.41, 5.74) is -0.291. The van der Waals surface area contributed by atoms with Crippen molar-refractivity contribution in [2.45, 2.75) is 26.2 Å². The number of nitrogens with zero attached hydrogens (tertiary/aromatic N) is 1. The molecule has 0 unspecified atom stereocenters. The molecule has 2 rings (SSSR count). The molecule has 0 spiro atoms. The summed E-state index contributed by atoms with van der Waals surface area (Å²) >= 11 is 0. The van der Waals surface area contributed by atoms with E-state index in [2.05, 4.69) is 26.9 Å². The first-order chi connectivity index (χ1) is 7.20. The van der Waals surface area contributed by atoms with Crippen LogP contribution >= 0.6 is 0 Å². The molecule has 0 bridgehead atoms. The molecular weight excluding hydrogens is 235 g/mol. The third kappa shape index (κ3) is 2.92. The fraction of sp³-hybridized carbons (Fsp3) is 0.444.